The number of hydrogen-bond donors (Lipinski definition) is 2. The van der Waals surface area contributed by atoms with E-state index >= 15 is 0 Å². The van der Waals surface area contributed by atoms with Gasteiger partial charge in [0.1, 0.15) is 6.04 Å². The number of hydrogen-bond acceptors (Lipinski definition) is 9. The minimum atomic E-state index is -5.03. The molecule has 3 fully saturated rings. The Morgan fingerprint density at radius 3 is 2.25 bits per heavy atom. The van der Waals surface area contributed by atoms with Crippen LogP contribution in [0.1, 0.15) is 54.4 Å². The molecule has 1 aromatic heterocycles. The van der Waals surface area contributed by atoms with Crippen LogP contribution >= 0.6 is 0 Å². The first-order valence-corrected chi connectivity index (χ1v) is 18.7. The number of benzene rings is 3. The van der Waals surface area contributed by atoms with Gasteiger partial charge in [0.2, 0.25) is 11.9 Å². The van der Waals surface area contributed by atoms with Crippen molar-refractivity contribution >= 4 is 17.8 Å². The number of aromatic nitrogens is 2. The van der Waals surface area contributed by atoms with E-state index in [0.29, 0.717) is 11.3 Å². The van der Waals surface area contributed by atoms with Crippen LogP contribution in [0.3, 0.4) is 0 Å². The lowest BCUT2D eigenvalue weighted by atomic mass is 9.89. The van der Waals surface area contributed by atoms with Crippen LogP contribution < -0.4 is 10.2 Å². The topological polar surface area (TPSA) is 120 Å². The Kier molecular flexibility index (Phi) is 11.8. The molecule has 0 saturated carbocycles. The Morgan fingerprint density at radius 2 is 1.56 bits per heavy atom. The van der Waals surface area contributed by atoms with E-state index in [2.05, 4.69) is 32.0 Å². The standard InChI is InChI=1S/C41H45F3N6O5/c1-27-35(25-48-20-22-49(23-21-48)40-45-17-5-18-46-40)54-38(55-36(27)30-11-9-28(26-51)10-12-30)31-15-13-29(14-16-31)33-7-3-2-6-32(33)24-47-37(52)34-8-4-19-50(34)39(53)41(42,43)44/h2-3,5-7,9-18,27,34-36,38,51H,4,8,19-26H2,1H3,(H,47,52). The molecule has 0 bridgehead atoms. The lowest BCUT2D eigenvalue weighted by Crippen LogP contribution is -2.51. The summed E-state index contributed by atoms with van der Waals surface area (Å²) in [5.74, 6) is -1.84. The van der Waals surface area contributed by atoms with Gasteiger partial charge < -0.3 is 29.7 Å². The molecule has 5 unspecified atom stereocenters. The number of piperazine rings is 1. The Balaban J connectivity index is 1.05. The van der Waals surface area contributed by atoms with E-state index < -0.39 is 30.3 Å². The third-order valence-corrected chi connectivity index (χ3v) is 10.8. The summed E-state index contributed by atoms with van der Waals surface area (Å²) in [6.45, 7) is 6.09. The van der Waals surface area contributed by atoms with Crippen LogP contribution in [-0.4, -0.2) is 94.3 Å². The van der Waals surface area contributed by atoms with E-state index in [1.54, 1.807) is 12.4 Å². The zero-order valence-corrected chi connectivity index (χ0v) is 30.6. The van der Waals surface area contributed by atoms with Gasteiger partial charge in [0, 0.05) is 69.7 Å². The quantitative estimate of drug-likeness (QED) is 0.219. The molecule has 3 aliphatic heterocycles. The van der Waals surface area contributed by atoms with E-state index in [-0.39, 0.29) is 44.2 Å². The Morgan fingerprint density at radius 1 is 0.873 bits per heavy atom. The third kappa shape index (κ3) is 8.83. The monoisotopic (exact) mass is 758 g/mol. The molecule has 0 spiro atoms. The number of carbonyl (C=O) groups excluding carboxylic acids is 2. The average Bonchev–Trinajstić information content (AvgIpc) is 3.71. The average molecular weight is 759 g/mol. The number of rotatable bonds is 10. The minimum absolute atomic E-state index is 0.0240. The summed E-state index contributed by atoms with van der Waals surface area (Å²) < 4.78 is 52.8. The van der Waals surface area contributed by atoms with E-state index in [4.69, 9.17) is 9.47 Å². The second-order valence-corrected chi connectivity index (χ2v) is 14.3. The predicted octanol–water partition coefficient (Wildman–Crippen LogP) is 5.42. The van der Waals surface area contributed by atoms with E-state index in [0.717, 1.165) is 72.1 Å². The molecule has 4 heterocycles. The van der Waals surface area contributed by atoms with Crippen molar-refractivity contribution in [3.63, 3.8) is 0 Å². The van der Waals surface area contributed by atoms with Gasteiger partial charge in [-0.2, -0.15) is 13.2 Å². The highest BCUT2D eigenvalue weighted by Gasteiger charge is 2.47. The normalized spacial score (nSPS) is 23.5. The predicted molar refractivity (Wildman–Crippen MR) is 198 cm³/mol. The number of alkyl halides is 3. The van der Waals surface area contributed by atoms with Crippen molar-refractivity contribution in [3.8, 4) is 11.1 Å². The highest BCUT2D eigenvalue weighted by Crippen LogP contribution is 2.42. The molecule has 0 radical (unpaired) electrons. The van der Waals surface area contributed by atoms with Gasteiger partial charge in [0.15, 0.2) is 6.29 Å². The Bertz CT molecular complexity index is 1910. The number of amides is 2. The smallest absolute Gasteiger partial charge is 0.392 e. The maximum atomic E-state index is 13.1. The van der Waals surface area contributed by atoms with Crippen molar-refractivity contribution in [2.45, 2.75) is 63.6 Å². The summed E-state index contributed by atoms with van der Waals surface area (Å²) in [5, 5.41) is 12.4. The van der Waals surface area contributed by atoms with Crippen molar-refractivity contribution in [2.75, 3.05) is 44.2 Å². The maximum Gasteiger partial charge on any atom is 0.471 e. The molecule has 0 aliphatic carbocycles. The fourth-order valence-corrected chi connectivity index (χ4v) is 7.69. The lowest BCUT2D eigenvalue weighted by Gasteiger charge is -2.44. The van der Waals surface area contributed by atoms with Gasteiger partial charge in [-0.3, -0.25) is 14.5 Å². The molecule has 7 rings (SSSR count). The number of carbonyl (C=O) groups is 2. The molecule has 55 heavy (non-hydrogen) atoms. The molecule has 5 atom stereocenters. The van der Waals surface area contributed by atoms with Crippen LogP contribution in [0, 0.1) is 5.92 Å². The van der Waals surface area contributed by atoms with Crippen LogP contribution in [0.2, 0.25) is 0 Å². The molecule has 2 amide bonds. The molecule has 290 valence electrons. The number of nitrogens with one attached hydrogen (secondary N) is 1. The van der Waals surface area contributed by atoms with Crippen molar-refractivity contribution in [1.29, 1.82) is 0 Å². The number of anilines is 1. The summed E-state index contributed by atoms with van der Waals surface area (Å²) in [7, 11) is 0. The van der Waals surface area contributed by atoms with Crippen molar-refractivity contribution in [3.05, 3.63) is 114 Å². The second kappa shape index (κ2) is 16.9. The summed E-state index contributed by atoms with van der Waals surface area (Å²) in [4.78, 5) is 39.0. The highest BCUT2D eigenvalue weighted by molar-refractivity contribution is 5.90. The maximum absolute atomic E-state index is 13.1. The molecular weight excluding hydrogens is 713 g/mol. The van der Waals surface area contributed by atoms with Gasteiger partial charge in [0.05, 0.1) is 18.8 Å². The largest absolute Gasteiger partial charge is 0.471 e. The molecule has 4 aromatic rings. The van der Waals surface area contributed by atoms with Crippen molar-refractivity contribution in [1.82, 2.24) is 25.1 Å². The fraction of sp³-hybridized carbons (Fsp3) is 0.415. The number of likely N-dealkylation sites (tertiary alicyclic amines) is 1. The first-order chi connectivity index (χ1) is 26.6. The molecule has 11 nitrogen and oxygen atoms in total. The SMILES string of the molecule is CC1C(CN2CCN(c3ncccn3)CC2)OC(c2ccc(-c3ccccc3CNC(=O)C3CCCN3C(=O)C(F)(F)F)cc2)OC1c1ccc(CO)cc1. The van der Waals surface area contributed by atoms with Crippen LogP contribution in [0.25, 0.3) is 11.1 Å². The Hall–Kier alpha value is -4.89. The fourth-order valence-electron chi connectivity index (χ4n) is 7.69. The zero-order valence-electron chi connectivity index (χ0n) is 30.6. The number of nitrogens with zero attached hydrogens (tertiary/aromatic N) is 5. The highest BCUT2D eigenvalue weighted by atomic mass is 19.4. The van der Waals surface area contributed by atoms with Gasteiger partial charge in [0.25, 0.3) is 0 Å². The zero-order chi connectivity index (χ0) is 38.5. The van der Waals surface area contributed by atoms with Gasteiger partial charge in [-0.1, -0.05) is 79.7 Å². The van der Waals surface area contributed by atoms with Crippen LogP contribution in [0.15, 0.2) is 91.3 Å². The summed E-state index contributed by atoms with van der Waals surface area (Å²) in [5.41, 5.74) is 5.17. The number of aliphatic hydroxyl groups is 1. The number of ether oxygens (including phenoxy) is 2. The summed E-state index contributed by atoms with van der Waals surface area (Å²) in [6, 6.07) is 23.8. The van der Waals surface area contributed by atoms with Crippen LogP contribution in [0.4, 0.5) is 19.1 Å². The molecule has 2 N–H and O–H groups in total. The third-order valence-electron chi connectivity index (χ3n) is 10.8. The van der Waals surface area contributed by atoms with Crippen LogP contribution in [-0.2, 0) is 32.2 Å². The van der Waals surface area contributed by atoms with Crippen molar-refractivity contribution < 1.29 is 37.3 Å². The lowest BCUT2D eigenvalue weighted by molar-refractivity contribution is -0.276. The summed E-state index contributed by atoms with van der Waals surface area (Å²) >= 11 is 0. The first kappa shape index (κ1) is 38.4. The minimum Gasteiger partial charge on any atom is -0.392 e. The van der Waals surface area contributed by atoms with E-state index in [1.165, 1.54) is 0 Å². The molecule has 3 saturated heterocycles. The molecule has 14 heteroatoms. The molecule has 3 aliphatic rings. The van der Waals surface area contributed by atoms with Gasteiger partial charge >= 0.3 is 12.1 Å². The van der Waals surface area contributed by atoms with E-state index in [1.807, 2.05) is 78.9 Å². The van der Waals surface area contributed by atoms with Gasteiger partial charge in [-0.15, -0.1) is 0 Å². The first-order valence-electron chi connectivity index (χ1n) is 18.7. The van der Waals surface area contributed by atoms with Crippen LogP contribution in [0.5, 0.6) is 0 Å². The second-order valence-electron chi connectivity index (χ2n) is 14.3. The molecule has 3 aromatic carbocycles. The van der Waals surface area contributed by atoms with E-state index in [9.17, 15) is 27.9 Å². The summed E-state index contributed by atoms with van der Waals surface area (Å²) in [6.07, 6.45) is -2.07. The van der Waals surface area contributed by atoms with Crippen molar-refractivity contribution in [2.24, 2.45) is 5.92 Å². The van der Waals surface area contributed by atoms with Gasteiger partial charge in [-0.05, 0) is 46.7 Å². The number of aliphatic hydroxyl groups excluding tert-OH is 1. The Labute approximate surface area is 318 Å². The number of halogens is 3. The molecular formula is C41H45F3N6O5. The van der Waals surface area contributed by atoms with Gasteiger partial charge in [-0.25, -0.2) is 9.97 Å².